The van der Waals surface area contributed by atoms with Crippen LogP contribution in [0.15, 0.2) is 30.3 Å². The van der Waals surface area contributed by atoms with Crippen LogP contribution >= 0.6 is 0 Å². The highest BCUT2D eigenvalue weighted by atomic mass is 16.5. The number of rotatable bonds is 5. The molecule has 18 heavy (non-hydrogen) atoms. The van der Waals surface area contributed by atoms with Gasteiger partial charge in [0.15, 0.2) is 0 Å². The second-order valence-corrected chi connectivity index (χ2v) is 4.59. The molecule has 0 unspecified atom stereocenters. The summed E-state index contributed by atoms with van der Waals surface area (Å²) in [6.07, 6.45) is 2.25. The lowest BCUT2D eigenvalue weighted by Gasteiger charge is -2.12. The Hall–Kier alpha value is -1.39. The fraction of sp³-hybridized carbons (Fsp3) is 0.500. The van der Waals surface area contributed by atoms with Gasteiger partial charge < -0.3 is 15.8 Å². The van der Waals surface area contributed by atoms with Crippen molar-refractivity contribution in [1.29, 1.82) is 0 Å². The van der Waals surface area contributed by atoms with Crippen molar-refractivity contribution in [3.05, 3.63) is 35.9 Å². The number of ether oxygens (including phenoxy) is 1. The molecule has 98 valence electrons. The monoisotopic (exact) mass is 248 g/mol. The summed E-state index contributed by atoms with van der Waals surface area (Å²) in [4.78, 5) is 11.8. The van der Waals surface area contributed by atoms with Gasteiger partial charge in [0, 0.05) is 13.1 Å². The van der Waals surface area contributed by atoms with Crippen LogP contribution in [-0.2, 0) is 16.0 Å². The highest BCUT2D eigenvalue weighted by Crippen LogP contribution is 2.18. The van der Waals surface area contributed by atoms with Crippen molar-refractivity contribution in [2.45, 2.75) is 31.5 Å². The Labute approximate surface area is 108 Å². The number of hydrogen-bond acceptors (Lipinski definition) is 3. The van der Waals surface area contributed by atoms with E-state index in [1.54, 1.807) is 0 Å². The summed E-state index contributed by atoms with van der Waals surface area (Å²) in [5.41, 5.74) is 6.74. The smallest absolute Gasteiger partial charge is 0.249 e. The molecular formula is C14H20N2O2. The van der Waals surface area contributed by atoms with Gasteiger partial charge in [0.25, 0.3) is 0 Å². The van der Waals surface area contributed by atoms with Crippen molar-refractivity contribution in [1.82, 2.24) is 5.32 Å². The molecule has 0 aromatic heterocycles. The van der Waals surface area contributed by atoms with E-state index in [0.29, 0.717) is 13.1 Å². The third kappa shape index (κ3) is 3.55. The third-order valence-corrected chi connectivity index (χ3v) is 3.22. The minimum atomic E-state index is -0.311. The van der Waals surface area contributed by atoms with Crippen LogP contribution in [0, 0.1) is 0 Å². The lowest BCUT2D eigenvalue weighted by atomic mass is 10.1. The molecule has 4 heteroatoms. The molecule has 1 amide bonds. The fourth-order valence-electron chi connectivity index (χ4n) is 2.16. The molecule has 1 aromatic rings. The van der Waals surface area contributed by atoms with E-state index in [1.807, 2.05) is 18.2 Å². The van der Waals surface area contributed by atoms with Crippen LogP contribution in [0.3, 0.4) is 0 Å². The van der Waals surface area contributed by atoms with Gasteiger partial charge in [-0.1, -0.05) is 30.3 Å². The Morgan fingerprint density at radius 1 is 1.33 bits per heavy atom. The number of hydrogen-bond donors (Lipinski definition) is 2. The van der Waals surface area contributed by atoms with Gasteiger partial charge in [-0.25, -0.2) is 0 Å². The molecule has 2 rings (SSSR count). The Kier molecular flexibility index (Phi) is 4.73. The van der Waals surface area contributed by atoms with Gasteiger partial charge >= 0.3 is 0 Å². The van der Waals surface area contributed by atoms with Gasteiger partial charge in [-0.05, 0) is 24.8 Å². The van der Waals surface area contributed by atoms with Gasteiger partial charge in [-0.2, -0.15) is 0 Å². The summed E-state index contributed by atoms with van der Waals surface area (Å²) >= 11 is 0. The van der Waals surface area contributed by atoms with E-state index in [2.05, 4.69) is 17.4 Å². The molecule has 0 aliphatic carbocycles. The lowest BCUT2D eigenvalue weighted by Crippen LogP contribution is -2.36. The number of carbonyl (C=O) groups excluding carboxylic acids is 1. The summed E-state index contributed by atoms with van der Waals surface area (Å²) in [5, 5.41) is 2.91. The first kappa shape index (κ1) is 13.1. The quantitative estimate of drug-likeness (QED) is 0.812. The molecule has 4 nitrogen and oxygen atoms in total. The Bertz CT molecular complexity index is 381. The van der Waals surface area contributed by atoms with Crippen molar-refractivity contribution >= 4 is 5.91 Å². The summed E-state index contributed by atoms with van der Waals surface area (Å²) in [6.45, 7) is 1.14. The van der Waals surface area contributed by atoms with E-state index in [1.165, 1.54) is 5.56 Å². The largest absolute Gasteiger partial charge is 0.364 e. The first-order chi connectivity index (χ1) is 8.79. The third-order valence-electron chi connectivity index (χ3n) is 3.22. The van der Waals surface area contributed by atoms with E-state index >= 15 is 0 Å². The van der Waals surface area contributed by atoms with E-state index in [4.69, 9.17) is 10.5 Å². The second-order valence-electron chi connectivity index (χ2n) is 4.59. The van der Waals surface area contributed by atoms with E-state index < -0.39 is 0 Å². The number of amides is 1. The van der Waals surface area contributed by atoms with Crippen LogP contribution in [0.1, 0.15) is 18.4 Å². The van der Waals surface area contributed by atoms with Gasteiger partial charge in [0.05, 0.1) is 6.10 Å². The van der Waals surface area contributed by atoms with Crippen molar-refractivity contribution in [3.63, 3.8) is 0 Å². The average Bonchev–Trinajstić information content (AvgIpc) is 2.89. The summed E-state index contributed by atoms with van der Waals surface area (Å²) in [6, 6.07) is 10.1. The van der Waals surface area contributed by atoms with Crippen molar-refractivity contribution in [3.8, 4) is 0 Å². The molecule has 1 heterocycles. The molecule has 1 aliphatic rings. The van der Waals surface area contributed by atoms with Crippen LogP contribution in [0.5, 0.6) is 0 Å². The molecule has 0 saturated carbocycles. The minimum absolute atomic E-state index is 0.0121. The lowest BCUT2D eigenvalue weighted by molar-refractivity contribution is -0.131. The number of carbonyl (C=O) groups is 1. The van der Waals surface area contributed by atoms with Crippen LogP contribution in [0.25, 0.3) is 0 Å². The number of nitrogens with two attached hydrogens (primary N) is 1. The first-order valence-corrected chi connectivity index (χ1v) is 6.46. The maximum absolute atomic E-state index is 11.8. The molecule has 0 spiro atoms. The topological polar surface area (TPSA) is 64.4 Å². The second kappa shape index (κ2) is 6.52. The van der Waals surface area contributed by atoms with Crippen molar-refractivity contribution in [2.75, 3.05) is 13.1 Å². The predicted molar refractivity (Wildman–Crippen MR) is 70.1 cm³/mol. The first-order valence-electron chi connectivity index (χ1n) is 6.46. The molecule has 1 aromatic carbocycles. The maximum atomic E-state index is 11.8. The Balaban J connectivity index is 1.69. The fourth-order valence-corrected chi connectivity index (χ4v) is 2.16. The summed E-state index contributed by atoms with van der Waals surface area (Å²) in [5.74, 6) is -0.0121. The summed E-state index contributed by atoms with van der Waals surface area (Å²) < 4.78 is 5.54. The minimum Gasteiger partial charge on any atom is -0.364 e. The Morgan fingerprint density at radius 3 is 2.78 bits per heavy atom. The standard InChI is InChI=1S/C14H20N2O2/c15-10-12-6-7-13(18-12)14(17)16-9-8-11-4-2-1-3-5-11/h1-5,12-13H,6-10,15H2,(H,16,17)/t12-,13+/m1/s1. The highest BCUT2D eigenvalue weighted by molar-refractivity contribution is 5.81. The predicted octanol–water partition coefficient (Wildman–Crippen LogP) is 0.852. The average molecular weight is 248 g/mol. The van der Waals surface area contributed by atoms with Gasteiger partial charge in [0.1, 0.15) is 6.10 Å². The Morgan fingerprint density at radius 2 is 2.11 bits per heavy atom. The number of nitrogens with one attached hydrogen (secondary N) is 1. The van der Waals surface area contributed by atoms with Gasteiger partial charge in [-0.3, -0.25) is 4.79 Å². The van der Waals surface area contributed by atoms with Crippen molar-refractivity contribution in [2.24, 2.45) is 5.73 Å². The zero-order chi connectivity index (χ0) is 12.8. The molecule has 1 saturated heterocycles. The summed E-state index contributed by atoms with van der Waals surface area (Å²) in [7, 11) is 0. The van der Waals surface area contributed by atoms with Crippen LogP contribution < -0.4 is 11.1 Å². The normalized spacial score (nSPS) is 22.9. The maximum Gasteiger partial charge on any atom is 0.249 e. The van der Waals surface area contributed by atoms with Crippen molar-refractivity contribution < 1.29 is 9.53 Å². The molecule has 3 N–H and O–H groups in total. The molecule has 2 atom stereocenters. The molecular weight excluding hydrogens is 228 g/mol. The molecule has 0 bridgehead atoms. The SMILES string of the molecule is NC[C@H]1CC[C@@H](C(=O)NCCc2ccccc2)O1. The van der Waals surface area contributed by atoms with Crippen LogP contribution in [-0.4, -0.2) is 31.2 Å². The zero-order valence-electron chi connectivity index (χ0n) is 10.5. The van der Waals surface area contributed by atoms with Gasteiger partial charge in [0.2, 0.25) is 5.91 Å². The van der Waals surface area contributed by atoms with E-state index in [-0.39, 0.29) is 18.1 Å². The highest BCUT2D eigenvalue weighted by Gasteiger charge is 2.29. The molecule has 0 radical (unpaired) electrons. The molecule has 1 fully saturated rings. The molecule has 1 aliphatic heterocycles. The number of benzene rings is 1. The van der Waals surface area contributed by atoms with Crippen LogP contribution in [0.4, 0.5) is 0 Å². The van der Waals surface area contributed by atoms with Crippen LogP contribution in [0.2, 0.25) is 0 Å². The van der Waals surface area contributed by atoms with Gasteiger partial charge in [-0.15, -0.1) is 0 Å². The van der Waals surface area contributed by atoms with E-state index in [9.17, 15) is 4.79 Å². The van der Waals surface area contributed by atoms with E-state index in [0.717, 1.165) is 19.3 Å². The zero-order valence-corrected chi connectivity index (χ0v) is 10.5.